The minimum Gasteiger partial charge on any atom is -0.357 e. The number of aromatic nitrogens is 5. The number of anilines is 1. The quantitative estimate of drug-likeness (QED) is 0.526. The van der Waals surface area contributed by atoms with E-state index < -0.39 is 0 Å². The van der Waals surface area contributed by atoms with Gasteiger partial charge in [0.05, 0.1) is 6.54 Å². The molecule has 2 aromatic heterocycles. The zero-order valence-corrected chi connectivity index (χ0v) is 15.7. The number of hydrogen-bond acceptors (Lipinski definition) is 5. The van der Waals surface area contributed by atoms with E-state index in [9.17, 15) is 4.39 Å². The molecule has 0 spiro atoms. The van der Waals surface area contributed by atoms with Gasteiger partial charge >= 0.3 is 0 Å². The Balaban J connectivity index is 1.57. The van der Waals surface area contributed by atoms with E-state index in [1.54, 1.807) is 23.0 Å². The molecule has 1 aliphatic rings. The van der Waals surface area contributed by atoms with Gasteiger partial charge in [-0.05, 0) is 52.2 Å². The predicted octanol–water partition coefficient (Wildman–Crippen LogP) is 3.41. The third-order valence-electron chi connectivity index (χ3n) is 5.28. The Bertz CT molecular complexity index is 1110. The molecule has 1 aliphatic heterocycles. The third-order valence-corrected chi connectivity index (χ3v) is 5.28. The van der Waals surface area contributed by atoms with Crippen molar-refractivity contribution >= 4 is 5.69 Å². The number of rotatable bonds is 5. The van der Waals surface area contributed by atoms with Crippen LogP contribution in [0.2, 0.25) is 0 Å². The van der Waals surface area contributed by atoms with E-state index >= 15 is 0 Å². The van der Waals surface area contributed by atoms with Crippen molar-refractivity contribution in [3.63, 3.8) is 0 Å². The first-order chi connectivity index (χ1) is 14.3. The number of tetrazole rings is 1. The highest BCUT2D eigenvalue weighted by Crippen LogP contribution is 2.37. The first-order valence-corrected chi connectivity index (χ1v) is 9.54. The molecule has 0 amide bonds. The monoisotopic (exact) mass is 386 g/mol. The third kappa shape index (κ3) is 3.35. The molecular formula is C22H19FN6. The van der Waals surface area contributed by atoms with Gasteiger partial charge in [-0.2, -0.15) is 0 Å². The van der Waals surface area contributed by atoms with Gasteiger partial charge in [0.1, 0.15) is 11.9 Å². The Hall–Kier alpha value is -3.61. The van der Waals surface area contributed by atoms with Crippen molar-refractivity contribution in [1.82, 2.24) is 25.2 Å². The average molecular weight is 386 g/mol. The second kappa shape index (κ2) is 7.43. The topological polar surface area (TPSA) is 59.7 Å². The molecule has 2 aromatic carbocycles. The maximum atomic E-state index is 13.3. The van der Waals surface area contributed by atoms with Gasteiger partial charge in [0.2, 0.25) is 0 Å². The van der Waals surface area contributed by atoms with Crippen LogP contribution in [0.3, 0.4) is 0 Å². The normalized spacial score (nSPS) is 14.0. The Kier molecular flexibility index (Phi) is 4.48. The van der Waals surface area contributed by atoms with E-state index in [4.69, 9.17) is 0 Å². The van der Waals surface area contributed by atoms with Crippen LogP contribution in [0.5, 0.6) is 0 Å². The van der Waals surface area contributed by atoms with Gasteiger partial charge in [0, 0.05) is 30.2 Å². The minimum atomic E-state index is -0.257. The van der Waals surface area contributed by atoms with Crippen LogP contribution in [0, 0.1) is 5.82 Å². The summed E-state index contributed by atoms with van der Waals surface area (Å²) in [7, 11) is 0. The minimum absolute atomic E-state index is 0.164. The standard InChI is InChI=1S/C22H19FN6/c23-19-9-7-16(8-10-19)15-29-22(25-26-27-29)21(18-5-3-12-24-14-18)28-13-11-17-4-1-2-6-20(17)28/h1-10,12,14,21H,11,13,15H2. The molecule has 0 saturated carbocycles. The van der Waals surface area contributed by atoms with Crippen LogP contribution in [0.4, 0.5) is 10.1 Å². The molecule has 4 aromatic rings. The summed E-state index contributed by atoms with van der Waals surface area (Å²) in [4.78, 5) is 6.65. The lowest BCUT2D eigenvalue weighted by Crippen LogP contribution is -2.30. The molecule has 0 bridgehead atoms. The summed E-state index contributed by atoms with van der Waals surface area (Å²) in [6.45, 7) is 1.34. The smallest absolute Gasteiger partial charge is 0.178 e. The molecule has 1 atom stereocenters. The summed E-state index contributed by atoms with van der Waals surface area (Å²) >= 11 is 0. The number of pyridine rings is 1. The lowest BCUT2D eigenvalue weighted by atomic mass is 10.1. The second-order valence-corrected chi connectivity index (χ2v) is 7.08. The van der Waals surface area contributed by atoms with Gasteiger partial charge in [-0.1, -0.05) is 36.4 Å². The molecule has 3 heterocycles. The van der Waals surface area contributed by atoms with E-state index in [0.29, 0.717) is 6.54 Å². The number of halogens is 1. The molecule has 0 N–H and O–H groups in total. The highest BCUT2D eigenvalue weighted by Gasteiger charge is 2.32. The molecule has 0 radical (unpaired) electrons. The Morgan fingerprint density at radius 3 is 2.69 bits per heavy atom. The van der Waals surface area contributed by atoms with Gasteiger partial charge in [0.25, 0.3) is 0 Å². The van der Waals surface area contributed by atoms with E-state index in [0.717, 1.165) is 29.9 Å². The summed E-state index contributed by atoms with van der Waals surface area (Å²) in [5.41, 5.74) is 4.47. The zero-order valence-electron chi connectivity index (χ0n) is 15.7. The van der Waals surface area contributed by atoms with Crippen LogP contribution in [-0.4, -0.2) is 31.7 Å². The SMILES string of the molecule is Fc1ccc(Cn2nnnc2C(c2cccnc2)N2CCc3ccccc32)cc1. The molecule has 0 aliphatic carbocycles. The fourth-order valence-corrected chi connectivity index (χ4v) is 3.92. The van der Waals surface area contributed by atoms with Gasteiger partial charge in [-0.25, -0.2) is 9.07 Å². The van der Waals surface area contributed by atoms with Gasteiger partial charge in [-0.15, -0.1) is 5.10 Å². The Morgan fingerprint density at radius 2 is 1.86 bits per heavy atom. The fraction of sp³-hybridized carbons (Fsp3) is 0.182. The number of benzene rings is 2. The summed E-state index contributed by atoms with van der Waals surface area (Å²) in [6, 6.07) is 18.7. The van der Waals surface area contributed by atoms with Crippen LogP contribution in [0.25, 0.3) is 0 Å². The largest absolute Gasteiger partial charge is 0.357 e. The number of para-hydroxylation sites is 1. The van der Waals surface area contributed by atoms with Crippen LogP contribution < -0.4 is 4.90 Å². The number of fused-ring (bicyclic) bond motifs is 1. The first-order valence-electron chi connectivity index (χ1n) is 9.54. The zero-order chi connectivity index (χ0) is 19.6. The second-order valence-electron chi connectivity index (χ2n) is 7.08. The summed E-state index contributed by atoms with van der Waals surface area (Å²) in [5.74, 6) is 0.478. The van der Waals surface area contributed by atoms with Crippen molar-refractivity contribution in [2.75, 3.05) is 11.4 Å². The molecule has 7 heteroatoms. The Labute approximate surface area is 167 Å². The van der Waals surface area contributed by atoms with Gasteiger partial charge in [0.15, 0.2) is 5.82 Å². The van der Waals surface area contributed by atoms with Crippen LogP contribution in [0.15, 0.2) is 73.1 Å². The lowest BCUT2D eigenvalue weighted by molar-refractivity contribution is 0.577. The van der Waals surface area contributed by atoms with E-state index in [2.05, 4.69) is 55.7 Å². The average Bonchev–Trinajstić information content (AvgIpc) is 3.39. The van der Waals surface area contributed by atoms with Crippen LogP contribution in [0.1, 0.15) is 28.6 Å². The van der Waals surface area contributed by atoms with Crippen LogP contribution >= 0.6 is 0 Å². The fourth-order valence-electron chi connectivity index (χ4n) is 3.92. The van der Waals surface area contributed by atoms with E-state index in [1.165, 1.54) is 23.4 Å². The molecule has 0 fully saturated rings. The first kappa shape index (κ1) is 17.5. The molecular weight excluding hydrogens is 367 g/mol. The van der Waals surface area contributed by atoms with E-state index in [1.807, 2.05) is 12.3 Å². The lowest BCUT2D eigenvalue weighted by Gasteiger charge is -2.29. The molecule has 6 nitrogen and oxygen atoms in total. The van der Waals surface area contributed by atoms with Crippen molar-refractivity contribution in [3.8, 4) is 0 Å². The number of hydrogen-bond donors (Lipinski definition) is 0. The summed E-state index contributed by atoms with van der Waals surface area (Å²) < 4.78 is 15.1. The van der Waals surface area contributed by atoms with Crippen molar-refractivity contribution in [1.29, 1.82) is 0 Å². The molecule has 0 saturated heterocycles. The molecule has 1 unspecified atom stereocenters. The maximum absolute atomic E-state index is 13.3. The van der Waals surface area contributed by atoms with Crippen LogP contribution in [-0.2, 0) is 13.0 Å². The molecule has 5 rings (SSSR count). The highest BCUT2D eigenvalue weighted by atomic mass is 19.1. The van der Waals surface area contributed by atoms with Crippen molar-refractivity contribution in [2.24, 2.45) is 0 Å². The van der Waals surface area contributed by atoms with Crippen molar-refractivity contribution in [2.45, 2.75) is 19.0 Å². The molecule has 144 valence electrons. The maximum Gasteiger partial charge on any atom is 0.178 e. The Morgan fingerprint density at radius 1 is 1.00 bits per heavy atom. The number of nitrogens with zero attached hydrogens (tertiary/aromatic N) is 6. The van der Waals surface area contributed by atoms with Gasteiger partial charge < -0.3 is 4.90 Å². The predicted molar refractivity (Wildman–Crippen MR) is 107 cm³/mol. The summed E-state index contributed by atoms with van der Waals surface area (Å²) in [5, 5.41) is 12.6. The van der Waals surface area contributed by atoms with Gasteiger partial charge in [-0.3, -0.25) is 4.98 Å². The van der Waals surface area contributed by atoms with Crippen molar-refractivity contribution < 1.29 is 4.39 Å². The molecule has 29 heavy (non-hydrogen) atoms. The van der Waals surface area contributed by atoms with Crippen molar-refractivity contribution in [3.05, 3.63) is 101 Å². The van der Waals surface area contributed by atoms with E-state index in [-0.39, 0.29) is 11.9 Å². The summed E-state index contributed by atoms with van der Waals surface area (Å²) in [6.07, 6.45) is 4.61. The highest BCUT2D eigenvalue weighted by molar-refractivity contribution is 5.60.